The first-order valence-electron chi connectivity index (χ1n) is 8.28. The Kier molecular flexibility index (Phi) is 5.46. The van der Waals surface area contributed by atoms with E-state index in [1.165, 1.54) is 7.11 Å². The number of methoxy groups -OCH3 is 1. The lowest BCUT2D eigenvalue weighted by atomic mass is 9.91. The van der Waals surface area contributed by atoms with Gasteiger partial charge in [0, 0.05) is 18.2 Å². The normalized spacial score (nSPS) is 14.2. The van der Waals surface area contributed by atoms with E-state index in [1.807, 2.05) is 36.4 Å². The van der Waals surface area contributed by atoms with Crippen molar-refractivity contribution < 1.29 is 19.4 Å². The van der Waals surface area contributed by atoms with E-state index in [9.17, 15) is 9.90 Å². The summed E-state index contributed by atoms with van der Waals surface area (Å²) in [6.07, 6.45) is -0.426. The van der Waals surface area contributed by atoms with Crippen LogP contribution < -0.4 is 4.74 Å². The summed E-state index contributed by atoms with van der Waals surface area (Å²) in [5.74, 6) is -1.06. The van der Waals surface area contributed by atoms with E-state index >= 15 is 0 Å². The van der Waals surface area contributed by atoms with Gasteiger partial charge in [-0.25, -0.2) is 0 Å². The van der Waals surface area contributed by atoms with Gasteiger partial charge in [0.05, 0.1) is 0 Å². The number of aliphatic hydroxyl groups is 1. The summed E-state index contributed by atoms with van der Waals surface area (Å²) in [5, 5.41) is 11.2. The molecule has 0 heterocycles. The highest BCUT2D eigenvalue weighted by atomic mass is 16.7. The number of aliphatic hydroxyl groups excluding tert-OH is 1. The number of hydrogen-bond acceptors (Lipinski definition) is 4. The summed E-state index contributed by atoms with van der Waals surface area (Å²) in [6, 6.07) is 25.1. The topological polar surface area (TPSA) is 55.8 Å². The van der Waals surface area contributed by atoms with E-state index in [0.717, 1.165) is 6.29 Å². The first-order valence-corrected chi connectivity index (χ1v) is 8.28. The van der Waals surface area contributed by atoms with Crippen molar-refractivity contribution in [2.24, 2.45) is 0 Å². The van der Waals surface area contributed by atoms with E-state index in [1.54, 1.807) is 48.5 Å². The highest BCUT2D eigenvalue weighted by Crippen LogP contribution is 2.41. The number of hydrogen-bond donors (Lipinski definition) is 1. The van der Waals surface area contributed by atoms with Crippen molar-refractivity contribution >= 4 is 6.29 Å². The van der Waals surface area contributed by atoms with Gasteiger partial charge in [0.2, 0.25) is 0 Å². The van der Waals surface area contributed by atoms with Crippen molar-refractivity contribution in [3.63, 3.8) is 0 Å². The fourth-order valence-electron chi connectivity index (χ4n) is 2.96. The fourth-order valence-corrected chi connectivity index (χ4v) is 2.96. The van der Waals surface area contributed by atoms with Crippen molar-refractivity contribution in [1.29, 1.82) is 0 Å². The minimum atomic E-state index is -1.58. The van der Waals surface area contributed by atoms with Crippen molar-refractivity contribution in [2.45, 2.75) is 11.9 Å². The monoisotopic (exact) mass is 348 g/mol. The lowest BCUT2D eigenvalue weighted by Gasteiger charge is -2.38. The number of rotatable bonds is 7. The molecule has 3 aromatic carbocycles. The summed E-state index contributed by atoms with van der Waals surface area (Å²) in [6.45, 7) is 0. The van der Waals surface area contributed by atoms with E-state index in [2.05, 4.69) is 0 Å². The number of carbonyl (C=O) groups is 1. The van der Waals surface area contributed by atoms with Gasteiger partial charge in [0.15, 0.2) is 6.29 Å². The molecular weight excluding hydrogens is 328 g/mol. The molecule has 3 rings (SSSR count). The zero-order valence-corrected chi connectivity index (χ0v) is 14.4. The molecule has 2 atom stereocenters. The molecule has 0 saturated carbocycles. The molecule has 2 unspecified atom stereocenters. The van der Waals surface area contributed by atoms with Crippen LogP contribution in [0.3, 0.4) is 0 Å². The predicted octanol–water partition coefficient (Wildman–Crippen LogP) is 4.11. The van der Waals surface area contributed by atoms with Gasteiger partial charge >= 0.3 is 0 Å². The highest BCUT2D eigenvalue weighted by molar-refractivity contribution is 5.77. The third-order valence-electron chi connectivity index (χ3n) is 4.25. The van der Waals surface area contributed by atoms with Gasteiger partial charge < -0.3 is 14.6 Å². The molecule has 4 nitrogen and oxygen atoms in total. The third-order valence-corrected chi connectivity index (χ3v) is 4.25. The first-order chi connectivity index (χ1) is 12.7. The molecule has 0 aliphatic carbocycles. The second-order valence-corrected chi connectivity index (χ2v) is 5.81. The maximum absolute atomic E-state index is 11.6. The van der Waals surface area contributed by atoms with Crippen LogP contribution in [0.4, 0.5) is 0 Å². The van der Waals surface area contributed by atoms with Crippen LogP contribution in [0.25, 0.3) is 0 Å². The van der Waals surface area contributed by atoms with Gasteiger partial charge in [-0.1, -0.05) is 72.8 Å². The maximum Gasteiger partial charge on any atom is 0.268 e. The molecule has 132 valence electrons. The molecule has 0 fully saturated rings. The summed E-state index contributed by atoms with van der Waals surface area (Å²) in [4.78, 5) is 11.6. The summed E-state index contributed by atoms with van der Waals surface area (Å²) in [7, 11) is 1.46. The minimum absolute atomic E-state index is 0.389. The number of para-hydroxylation sites is 1. The molecule has 0 aliphatic heterocycles. The molecule has 0 radical (unpaired) electrons. The first kappa shape index (κ1) is 17.9. The Balaban J connectivity index is 2.18. The summed E-state index contributed by atoms with van der Waals surface area (Å²) >= 11 is 0. The molecular formula is C22H20O4. The summed E-state index contributed by atoms with van der Waals surface area (Å²) in [5.41, 5.74) is 1.46. The number of benzene rings is 3. The average Bonchev–Trinajstić information content (AvgIpc) is 2.73. The summed E-state index contributed by atoms with van der Waals surface area (Å²) < 4.78 is 11.9. The Hall–Kier alpha value is -2.95. The molecule has 0 aliphatic rings. The Labute approximate surface area is 152 Å². The predicted molar refractivity (Wildman–Crippen MR) is 99.0 cm³/mol. The fraction of sp³-hybridized carbons (Fsp3) is 0.136. The maximum atomic E-state index is 11.6. The van der Waals surface area contributed by atoms with Crippen LogP contribution in [0.2, 0.25) is 0 Å². The molecule has 0 aromatic heterocycles. The quantitative estimate of drug-likeness (QED) is 0.516. The Bertz CT molecular complexity index is 848. The molecule has 0 saturated heterocycles. The average molecular weight is 348 g/mol. The largest absolute Gasteiger partial charge is 0.455 e. The van der Waals surface area contributed by atoms with Crippen LogP contribution in [0.1, 0.15) is 27.6 Å². The molecule has 26 heavy (non-hydrogen) atoms. The van der Waals surface area contributed by atoms with Crippen LogP contribution in [0.5, 0.6) is 5.75 Å². The van der Waals surface area contributed by atoms with Crippen molar-refractivity contribution in [1.82, 2.24) is 0 Å². The van der Waals surface area contributed by atoms with Gasteiger partial charge in [0.1, 0.15) is 11.9 Å². The molecule has 3 aromatic rings. The van der Waals surface area contributed by atoms with Crippen LogP contribution in [-0.2, 0) is 10.5 Å². The second-order valence-electron chi connectivity index (χ2n) is 5.81. The number of ether oxygens (including phenoxy) is 2. The van der Waals surface area contributed by atoms with Crippen LogP contribution >= 0.6 is 0 Å². The van der Waals surface area contributed by atoms with Crippen molar-refractivity contribution in [2.75, 3.05) is 7.11 Å². The van der Waals surface area contributed by atoms with Crippen molar-refractivity contribution in [3.05, 3.63) is 102 Å². The lowest BCUT2D eigenvalue weighted by molar-refractivity contribution is -0.237. The number of carbonyl (C=O) groups excluding carboxylic acids is 1. The minimum Gasteiger partial charge on any atom is -0.455 e. The Morgan fingerprint density at radius 1 is 0.885 bits per heavy atom. The third kappa shape index (κ3) is 3.38. The second kappa shape index (κ2) is 7.95. The van der Waals surface area contributed by atoms with Gasteiger partial charge in [-0.2, -0.15) is 0 Å². The van der Waals surface area contributed by atoms with Crippen LogP contribution in [-0.4, -0.2) is 18.5 Å². The molecule has 0 amide bonds. The van der Waals surface area contributed by atoms with Gasteiger partial charge in [-0.15, -0.1) is 0 Å². The standard InChI is InChI=1S/C22H20O4/c1-25-22(26-19-13-6-3-7-14-19,20-15-9-8-12-18(20)16-23)21(24)17-10-4-2-5-11-17/h2-16,21,24H,1H3. The zero-order chi connectivity index (χ0) is 18.4. The van der Waals surface area contributed by atoms with E-state index in [-0.39, 0.29) is 0 Å². The number of aldehydes is 1. The van der Waals surface area contributed by atoms with Crippen LogP contribution in [0.15, 0.2) is 84.9 Å². The zero-order valence-electron chi connectivity index (χ0n) is 14.4. The van der Waals surface area contributed by atoms with Crippen LogP contribution in [0, 0.1) is 0 Å². The smallest absolute Gasteiger partial charge is 0.268 e. The van der Waals surface area contributed by atoms with E-state index in [0.29, 0.717) is 22.4 Å². The Morgan fingerprint density at radius 2 is 1.46 bits per heavy atom. The SMILES string of the molecule is COC(Oc1ccccc1)(c1ccccc1C=O)C(O)c1ccccc1. The van der Waals surface area contributed by atoms with Gasteiger partial charge in [0.25, 0.3) is 5.79 Å². The molecule has 0 bridgehead atoms. The van der Waals surface area contributed by atoms with E-state index in [4.69, 9.17) is 9.47 Å². The van der Waals surface area contributed by atoms with Crippen molar-refractivity contribution in [3.8, 4) is 5.75 Å². The van der Waals surface area contributed by atoms with E-state index < -0.39 is 11.9 Å². The highest BCUT2D eigenvalue weighted by Gasteiger charge is 2.45. The van der Waals surface area contributed by atoms with Gasteiger partial charge in [-0.3, -0.25) is 4.79 Å². The molecule has 1 N–H and O–H groups in total. The molecule has 0 spiro atoms. The molecule has 4 heteroatoms. The van der Waals surface area contributed by atoms with Gasteiger partial charge in [-0.05, 0) is 17.7 Å². The Morgan fingerprint density at radius 3 is 2.08 bits per heavy atom. The lowest BCUT2D eigenvalue weighted by Crippen LogP contribution is -2.42.